The first-order chi connectivity index (χ1) is 9.37. The highest BCUT2D eigenvalue weighted by Crippen LogP contribution is 2.43. The lowest BCUT2D eigenvalue weighted by atomic mass is 9.68. The van der Waals surface area contributed by atoms with E-state index in [1.807, 2.05) is 6.07 Å². The van der Waals surface area contributed by atoms with Gasteiger partial charge in [0.1, 0.15) is 5.82 Å². The summed E-state index contributed by atoms with van der Waals surface area (Å²) in [7, 11) is 1.67. The highest BCUT2D eigenvalue weighted by molar-refractivity contribution is 5.18. The van der Waals surface area contributed by atoms with Crippen LogP contribution in [0.2, 0.25) is 0 Å². The molecule has 0 heterocycles. The molecule has 1 aromatic rings. The van der Waals surface area contributed by atoms with E-state index in [9.17, 15) is 9.50 Å². The molecule has 0 saturated heterocycles. The van der Waals surface area contributed by atoms with Crippen LogP contribution in [0.3, 0.4) is 0 Å². The van der Waals surface area contributed by atoms with Crippen LogP contribution in [-0.2, 0) is 11.2 Å². The summed E-state index contributed by atoms with van der Waals surface area (Å²) in [6, 6.07) is 6.44. The van der Waals surface area contributed by atoms with E-state index in [4.69, 9.17) is 4.74 Å². The fourth-order valence-corrected chi connectivity index (χ4v) is 3.10. The average Bonchev–Trinajstić information content (AvgIpc) is 2.39. The van der Waals surface area contributed by atoms with Crippen LogP contribution in [0, 0.1) is 11.2 Å². The van der Waals surface area contributed by atoms with Gasteiger partial charge in [-0.3, -0.25) is 0 Å². The molecule has 0 radical (unpaired) electrons. The predicted octanol–water partition coefficient (Wildman–Crippen LogP) is 3.71. The molecule has 112 valence electrons. The fourth-order valence-electron chi connectivity index (χ4n) is 3.10. The highest BCUT2D eigenvalue weighted by Gasteiger charge is 2.43. The third-order valence-corrected chi connectivity index (χ3v) is 4.78. The summed E-state index contributed by atoms with van der Waals surface area (Å²) in [4.78, 5) is 0. The van der Waals surface area contributed by atoms with Gasteiger partial charge < -0.3 is 9.84 Å². The summed E-state index contributed by atoms with van der Waals surface area (Å²) in [6.07, 6.45) is 3.64. The monoisotopic (exact) mass is 280 g/mol. The molecule has 1 saturated carbocycles. The lowest BCUT2D eigenvalue weighted by Crippen LogP contribution is -2.49. The van der Waals surface area contributed by atoms with E-state index >= 15 is 0 Å². The summed E-state index contributed by atoms with van der Waals surface area (Å²) < 4.78 is 18.9. The summed E-state index contributed by atoms with van der Waals surface area (Å²) in [5.74, 6) is -0.258. The number of aliphatic hydroxyl groups excluding tert-OH is 1. The molecule has 2 rings (SSSR count). The van der Waals surface area contributed by atoms with Crippen molar-refractivity contribution in [1.29, 1.82) is 0 Å². The topological polar surface area (TPSA) is 29.5 Å². The maximum atomic E-state index is 13.2. The molecule has 1 N–H and O–H groups in total. The van der Waals surface area contributed by atoms with E-state index in [1.165, 1.54) is 12.1 Å². The van der Waals surface area contributed by atoms with Crippen LogP contribution in [0.5, 0.6) is 0 Å². The molecule has 1 aliphatic rings. The van der Waals surface area contributed by atoms with Gasteiger partial charge in [0.05, 0.1) is 11.7 Å². The molecule has 1 aliphatic carbocycles. The maximum Gasteiger partial charge on any atom is 0.123 e. The van der Waals surface area contributed by atoms with Crippen LogP contribution in [0.15, 0.2) is 24.3 Å². The Kier molecular flexibility index (Phi) is 4.50. The Labute approximate surface area is 121 Å². The fraction of sp³-hybridized carbons (Fsp3) is 0.647. The molecule has 1 aromatic carbocycles. The van der Waals surface area contributed by atoms with Gasteiger partial charge in [-0.05, 0) is 48.8 Å². The Morgan fingerprint density at radius 3 is 2.45 bits per heavy atom. The number of aliphatic hydroxyl groups is 1. The molecule has 0 aliphatic heterocycles. The molecule has 1 fully saturated rings. The van der Waals surface area contributed by atoms with Gasteiger partial charge in [-0.1, -0.05) is 26.0 Å². The third-order valence-electron chi connectivity index (χ3n) is 4.78. The minimum absolute atomic E-state index is 0.258. The zero-order valence-corrected chi connectivity index (χ0v) is 12.7. The molecule has 1 unspecified atom stereocenters. The van der Waals surface area contributed by atoms with E-state index in [0.29, 0.717) is 11.8 Å². The minimum Gasteiger partial charge on any atom is -0.390 e. The van der Waals surface area contributed by atoms with Gasteiger partial charge in [0.2, 0.25) is 0 Å². The van der Waals surface area contributed by atoms with Gasteiger partial charge in [0, 0.05) is 13.5 Å². The molecular formula is C17H25FO2. The highest BCUT2D eigenvalue weighted by atomic mass is 19.1. The predicted molar refractivity (Wildman–Crippen MR) is 78.1 cm³/mol. The van der Waals surface area contributed by atoms with Crippen LogP contribution in [0.25, 0.3) is 0 Å². The van der Waals surface area contributed by atoms with Crippen molar-refractivity contribution in [2.24, 2.45) is 5.41 Å². The summed E-state index contributed by atoms with van der Waals surface area (Å²) in [5, 5.41) is 10.6. The van der Waals surface area contributed by atoms with E-state index in [2.05, 4.69) is 13.8 Å². The molecule has 3 heteroatoms. The van der Waals surface area contributed by atoms with Crippen LogP contribution >= 0.6 is 0 Å². The van der Waals surface area contributed by atoms with Crippen LogP contribution in [-0.4, -0.2) is 23.9 Å². The first-order valence-electron chi connectivity index (χ1n) is 7.35. The van der Waals surface area contributed by atoms with Crippen molar-refractivity contribution in [3.63, 3.8) is 0 Å². The van der Waals surface area contributed by atoms with Crippen molar-refractivity contribution in [3.05, 3.63) is 35.6 Å². The van der Waals surface area contributed by atoms with Gasteiger partial charge in [0.25, 0.3) is 0 Å². The molecule has 20 heavy (non-hydrogen) atoms. The van der Waals surface area contributed by atoms with Crippen molar-refractivity contribution < 1.29 is 14.2 Å². The third kappa shape index (κ3) is 3.39. The second-order valence-corrected chi connectivity index (χ2v) is 6.78. The smallest absolute Gasteiger partial charge is 0.123 e. The second-order valence-electron chi connectivity index (χ2n) is 6.78. The van der Waals surface area contributed by atoms with Crippen molar-refractivity contribution in [2.45, 2.75) is 57.7 Å². The first kappa shape index (κ1) is 15.5. The van der Waals surface area contributed by atoms with Gasteiger partial charge in [0.15, 0.2) is 0 Å². The molecule has 0 bridgehead atoms. The summed E-state index contributed by atoms with van der Waals surface area (Å²) in [5.41, 5.74) is 0.654. The van der Waals surface area contributed by atoms with Crippen LogP contribution in [0.1, 0.15) is 45.1 Å². The Morgan fingerprint density at radius 2 is 1.90 bits per heavy atom. The summed E-state index contributed by atoms with van der Waals surface area (Å²) >= 11 is 0. The summed E-state index contributed by atoms with van der Waals surface area (Å²) in [6.45, 7) is 4.51. The largest absolute Gasteiger partial charge is 0.390 e. The first-order valence-corrected chi connectivity index (χ1v) is 7.35. The Bertz CT molecular complexity index is 446. The molecule has 0 aromatic heterocycles. The maximum absolute atomic E-state index is 13.2. The SMILES string of the molecule is COC1(C(O)Cc2cccc(F)c2)CCC(C)(C)CC1. The van der Waals surface area contributed by atoms with Crippen molar-refractivity contribution in [1.82, 2.24) is 0 Å². The lowest BCUT2D eigenvalue weighted by Gasteiger charge is -2.45. The Morgan fingerprint density at radius 1 is 1.25 bits per heavy atom. The van der Waals surface area contributed by atoms with E-state index in [0.717, 1.165) is 31.2 Å². The van der Waals surface area contributed by atoms with E-state index < -0.39 is 11.7 Å². The number of halogens is 1. The zero-order chi connectivity index (χ0) is 14.8. The van der Waals surface area contributed by atoms with Gasteiger partial charge >= 0.3 is 0 Å². The van der Waals surface area contributed by atoms with Crippen LogP contribution in [0.4, 0.5) is 4.39 Å². The van der Waals surface area contributed by atoms with Gasteiger partial charge in [-0.2, -0.15) is 0 Å². The van der Waals surface area contributed by atoms with E-state index in [1.54, 1.807) is 13.2 Å². The molecule has 1 atom stereocenters. The number of benzene rings is 1. The number of methoxy groups -OCH3 is 1. The molecule has 2 nitrogen and oxygen atoms in total. The molecular weight excluding hydrogens is 255 g/mol. The minimum atomic E-state index is -0.592. The number of ether oxygens (including phenoxy) is 1. The van der Waals surface area contributed by atoms with Gasteiger partial charge in [-0.15, -0.1) is 0 Å². The number of rotatable bonds is 4. The zero-order valence-electron chi connectivity index (χ0n) is 12.7. The lowest BCUT2D eigenvalue weighted by molar-refractivity contribution is -0.135. The Hall–Kier alpha value is -0.930. The van der Waals surface area contributed by atoms with Crippen molar-refractivity contribution in [3.8, 4) is 0 Å². The van der Waals surface area contributed by atoms with Crippen LogP contribution < -0.4 is 0 Å². The molecule has 0 amide bonds. The Balaban J connectivity index is 2.08. The van der Waals surface area contributed by atoms with E-state index in [-0.39, 0.29) is 5.82 Å². The van der Waals surface area contributed by atoms with Gasteiger partial charge in [-0.25, -0.2) is 4.39 Å². The number of hydrogen-bond donors (Lipinski definition) is 1. The van der Waals surface area contributed by atoms with Crippen molar-refractivity contribution in [2.75, 3.05) is 7.11 Å². The quantitative estimate of drug-likeness (QED) is 0.911. The molecule has 0 spiro atoms. The second kappa shape index (κ2) is 5.82. The normalized spacial score (nSPS) is 22.4. The average molecular weight is 280 g/mol. The number of hydrogen-bond acceptors (Lipinski definition) is 2. The van der Waals surface area contributed by atoms with Crippen molar-refractivity contribution >= 4 is 0 Å². The standard InChI is InChI=1S/C17H25FO2/c1-16(2)7-9-17(20-3,10-8-16)15(19)12-13-5-4-6-14(18)11-13/h4-6,11,15,19H,7-10,12H2,1-3H3.